The predicted octanol–water partition coefficient (Wildman–Crippen LogP) is 1.42. The van der Waals surface area contributed by atoms with Crippen molar-refractivity contribution in [2.24, 2.45) is 5.92 Å². The minimum Gasteiger partial charge on any atom is -0.469 e. The van der Waals surface area contributed by atoms with Crippen molar-refractivity contribution in [2.75, 3.05) is 13.7 Å². The van der Waals surface area contributed by atoms with Crippen LogP contribution in [0.15, 0.2) is 24.4 Å². The number of amides is 1. The van der Waals surface area contributed by atoms with Gasteiger partial charge in [0.15, 0.2) is 0 Å². The molecule has 1 aliphatic rings. The maximum Gasteiger partial charge on any atom is 0.310 e. The summed E-state index contributed by atoms with van der Waals surface area (Å²) in [5.74, 6) is -0.416. The number of nitrogens with zero attached hydrogens (tertiary/aromatic N) is 2. The zero-order chi connectivity index (χ0) is 14.5. The van der Waals surface area contributed by atoms with Crippen LogP contribution in [0.1, 0.15) is 25.5 Å². The molecule has 2 atom stereocenters. The maximum absolute atomic E-state index is 12.4. The van der Waals surface area contributed by atoms with Gasteiger partial charge in [-0.3, -0.25) is 14.6 Å². The molecule has 5 heteroatoms. The molecular weight excluding hydrogens is 256 g/mol. The number of carbonyl (C=O) groups excluding carboxylic acids is 2. The fourth-order valence-corrected chi connectivity index (χ4v) is 2.57. The number of hydrogen-bond acceptors (Lipinski definition) is 4. The monoisotopic (exact) mass is 276 g/mol. The van der Waals surface area contributed by atoms with E-state index >= 15 is 0 Å². The van der Waals surface area contributed by atoms with Crippen LogP contribution >= 0.6 is 0 Å². The zero-order valence-corrected chi connectivity index (χ0v) is 11.9. The number of piperidine rings is 1. The van der Waals surface area contributed by atoms with Crippen LogP contribution < -0.4 is 0 Å². The Hall–Kier alpha value is -1.91. The van der Waals surface area contributed by atoms with Crippen LogP contribution in [0.4, 0.5) is 0 Å². The summed E-state index contributed by atoms with van der Waals surface area (Å²) < 4.78 is 4.78. The molecule has 1 aromatic rings. The molecule has 1 saturated heterocycles. The molecule has 1 aromatic heterocycles. The number of esters is 1. The van der Waals surface area contributed by atoms with Crippen LogP contribution in [0, 0.1) is 5.92 Å². The van der Waals surface area contributed by atoms with Crippen molar-refractivity contribution in [2.45, 2.75) is 32.2 Å². The van der Waals surface area contributed by atoms with Gasteiger partial charge in [-0.2, -0.15) is 0 Å². The van der Waals surface area contributed by atoms with Crippen LogP contribution in [0.2, 0.25) is 0 Å². The maximum atomic E-state index is 12.4. The molecule has 2 heterocycles. The van der Waals surface area contributed by atoms with Crippen molar-refractivity contribution in [3.63, 3.8) is 0 Å². The van der Waals surface area contributed by atoms with E-state index in [0.29, 0.717) is 6.54 Å². The topological polar surface area (TPSA) is 59.5 Å². The Labute approximate surface area is 118 Å². The van der Waals surface area contributed by atoms with Gasteiger partial charge in [-0.25, -0.2) is 0 Å². The second kappa shape index (κ2) is 6.50. The Kier molecular flexibility index (Phi) is 4.71. The number of aromatic nitrogens is 1. The van der Waals surface area contributed by atoms with E-state index in [9.17, 15) is 9.59 Å². The van der Waals surface area contributed by atoms with Gasteiger partial charge >= 0.3 is 5.97 Å². The Balaban J connectivity index is 2.01. The van der Waals surface area contributed by atoms with Crippen molar-refractivity contribution >= 4 is 11.9 Å². The fourth-order valence-electron chi connectivity index (χ4n) is 2.57. The summed E-state index contributed by atoms with van der Waals surface area (Å²) >= 11 is 0. The van der Waals surface area contributed by atoms with Crippen molar-refractivity contribution < 1.29 is 14.3 Å². The van der Waals surface area contributed by atoms with Crippen LogP contribution in [-0.4, -0.2) is 41.5 Å². The number of ether oxygens (including phenoxy) is 1. The molecule has 0 saturated carbocycles. The zero-order valence-electron chi connectivity index (χ0n) is 11.9. The van der Waals surface area contributed by atoms with E-state index in [1.165, 1.54) is 7.11 Å². The second-order valence-electron chi connectivity index (χ2n) is 5.19. The standard InChI is InChI=1S/C15H20N2O3/c1-11-6-7-12(15(19)20-2)10-17(11)14(18)9-13-5-3-4-8-16-13/h3-5,8,11-12H,6-7,9-10H2,1-2H3/t11-,12+/m0/s1. The summed E-state index contributed by atoms with van der Waals surface area (Å²) in [4.78, 5) is 29.9. The van der Waals surface area contributed by atoms with E-state index in [0.717, 1.165) is 18.5 Å². The lowest BCUT2D eigenvalue weighted by atomic mass is 9.93. The third-order valence-corrected chi connectivity index (χ3v) is 3.80. The highest BCUT2D eigenvalue weighted by atomic mass is 16.5. The minimum absolute atomic E-state index is 0.0183. The van der Waals surface area contributed by atoms with Crippen molar-refractivity contribution in [3.05, 3.63) is 30.1 Å². The summed E-state index contributed by atoms with van der Waals surface area (Å²) in [6.07, 6.45) is 3.56. The third-order valence-electron chi connectivity index (χ3n) is 3.80. The Morgan fingerprint density at radius 2 is 2.20 bits per heavy atom. The average Bonchev–Trinajstić information content (AvgIpc) is 2.48. The molecule has 0 spiro atoms. The van der Waals surface area contributed by atoms with Gasteiger partial charge in [0.2, 0.25) is 5.91 Å². The van der Waals surface area contributed by atoms with Crippen LogP contribution in [0.3, 0.4) is 0 Å². The molecule has 1 aliphatic heterocycles. The van der Waals surface area contributed by atoms with Gasteiger partial charge in [-0.1, -0.05) is 6.07 Å². The Morgan fingerprint density at radius 3 is 2.85 bits per heavy atom. The summed E-state index contributed by atoms with van der Waals surface area (Å²) in [6, 6.07) is 5.69. The molecule has 0 aromatic carbocycles. The molecule has 2 rings (SSSR count). The Morgan fingerprint density at radius 1 is 1.40 bits per heavy atom. The number of likely N-dealkylation sites (tertiary alicyclic amines) is 1. The van der Waals surface area contributed by atoms with E-state index in [1.807, 2.05) is 25.1 Å². The summed E-state index contributed by atoms with van der Waals surface area (Å²) in [5, 5.41) is 0. The van der Waals surface area contributed by atoms with E-state index in [1.54, 1.807) is 11.1 Å². The number of rotatable bonds is 3. The molecule has 0 N–H and O–H groups in total. The number of pyridine rings is 1. The lowest BCUT2D eigenvalue weighted by Gasteiger charge is -2.37. The first-order valence-electron chi connectivity index (χ1n) is 6.89. The van der Waals surface area contributed by atoms with Gasteiger partial charge in [0, 0.05) is 24.5 Å². The van der Waals surface area contributed by atoms with Crippen LogP contribution in [-0.2, 0) is 20.7 Å². The highest BCUT2D eigenvalue weighted by Gasteiger charge is 2.33. The first-order valence-corrected chi connectivity index (χ1v) is 6.89. The number of carbonyl (C=O) groups is 2. The molecule has 20 heavy (non-hydrogen) atoms. The molecular formula is C15H20N2O3. The molecule has 0 radical (unpaired) electrons. The SMILES string of the molecule is COC(=O)[C@@H]1CC[C@H](C)N(C(=O)Cc2ccccn2)C1. The van der Waals surface area contributed by atoms with Crippen molar-refractivity contribution in [3.8, 4) is 0 Å². The van der Waals surface area contributed by atoms with Crippen molar-refractivity contribution in [1.29, 1.82) is 0 Å². The van der Waals surface area contributed by atoms with Crippen LogP contribution in [0.25, 0.3) is 0 Å². The number of hydrogen-bond donors (Lipinski definition) is 0. The number of methoxy groups -OCH3 is 1. The molecule has 0 aliphatic carbocycles. The van der Waals surface area contributed by atoms with Crippen LogP contribution in [0.5, 0.6) is 0 Å². The third kappa shape index (κ3) is 3.35. The smallest absolute Gasteiger partial charge is 0.310 e. The lowest BCUT2D eigenvalue weighted by Crippen LogP contribution is -2.48. The van der Waals surface area contributed by atoms with E-state index in [4.69, 9.17) is 4.74 Å². The second-order valence-corrected chi connectivity index (χ2v) is 5.19. The summed E-state index contributed by atoms with van der Waals surface area (Å²) in [5.41, 5.74) is 0.755. The Bertz CT molecular complexity index is 475. The molecule has 0 bridgehead atoms. The van der Waals surface area contributed by atoms with Gasteiger partial charge in [0.1, 0.15) is 0 Å². The van der Waals surface area contributed by atoms with E-state index < -0.39 is 0 Å². The highest BCUT2D eigenvalue weighted by molar-refractivity contribution is 5.80. The first-order chi connectivity index (χ1) is 9.61. The summed E-state index contributed by atoms with van der Waals surface area (Å²) in [7, 11) is 1.39. The quantitative estimate of drug-likeness (QED) is 0.783. The average molecular weight is 276 g/mol. The normalized spacial score (nSPS) is 22.4. The largest absolute Gasteiger partial charge is 0.469 e. The van der Waals surface area contributed by atoms with Gasteiger partial charge in [-0.15, -0.1) is 0 Å². The first kappa shape index (κ1) is 14.5. The van der Waals surface area contributed by atoms with E-state index in [2.05, 4.69) is 4.98 Å². The summed E-state index contributed by atoms with van der Waals surface area (Å²) in [6.45, 7) is 2.46. The molecule has 0 unspecified atom stereocenters. The molecule has 108 valence electrons. The lowest BCUT2D eigenvalue weighted by molar-refractivity contribution is -0.150. The highest BCUT2D eigenvalue weighted by Crippen LogP contribution is 2.23. The predicted molar refractivity (Wildman–Crippen MR) is 73.9 cm³/mol. The fraction of sp³-hybridized carbons (Fsp3) is 0.533. The van der Waals surface area contributed by atoms with Gasteiger partial charge < -0.3 is 9.64 Å². The molecule has 1 amide bonds. The van der Waals surface area contributed by atoms with Gasteiger partial charge in [0.05, 0.1) is 19.4 Å². The van der Waals surface area contributed by atoms with Crippen molar-refractivity contribution in [1.82, 2.24) is 9.88 Å². The molecule has 1 fully saturated rings. The van der Waals surface area contributed by atoms with Gasteiger partial charge in [-0.05, 0) is 31.9 Å². The van der Waals surface area contributed by atoms with E-state index in [-0.39, 0.29) is 30.3 Å². The molecule has 5 nitrogen and oxygen atoms in total. The van der Waals surface area contributed by atoms with Gasteiger partial charge in [0.25, 0.3) is 0 Å². The minimum atomic E-state index is -0.229.